The van der Waals surface area contributed by atoms with Gasteiger partial charge in [-0.2, -0.15) is 10.2 Å². The van der Waals surface area contributed by atoms with Crippen LogP contribution in [0.3, 0.4) is 0 Å². The van der Waals surface area contributed by atoms with E-state index in [0.29, 0.717) is 11.5 Å². The number of nitrogens with one attached hydrogen (secondary N) is 1. The van der Waals surface area contributed by atoms with E-state index in [0.717, 1.165) is 27.5 Å². The molecule has 1 aliphatic heterocycles. The topological polar surface area (TPSA) is 156 Å². The molecule has 4 aromatic rings. The van der Waals surface area contributed by atoms with Crippen molar-refractivity contribution < 1.29 is 41.6 Å². The minimum Gasteiger partial charge on any atom is -0.497 e. The number of nitrogens with zero attached hydrogens (tertiary/aromatic N) is 4. The van der Waals surface area contributed by atoms with Crippen LogP contribution in [0.15, 0.2) is 89.9 Å². The molecule has 2 heterocycles. The molecule has 0 spiro atoms. The van der Waals surface area contributed by atoms with Gasteiger partial charge in [0.15, 0.2) is 26.2 Å². The fraction of sp³-hybridized carbons (Fsp3) is 0.489. The second kappa shape index (κ2) is 21.6. The zero-order valence-electron chi connectivity index (χ0n) is 39.0. The second-order valence-corrected chi connectivity index (χ2v) is 23.8. The minimum atomic E-state index is -2.77. The fourth-order valence-corrected chi connectivity index (χ4v) is 10.5. The number of carbonyl (C=O) groups is 1. The van der Waals surface area contributed by atoms with Gasteiger partial charge in [-0.25, -0.2) is 13.9 Å². The molecule has 17 heteroatoms. The van der Waals surface area contributed by atoms with E-state index in [1.165, 1.54) is 6.92 Å². The summed E-state index contributed by atoms with van der Waals surface area (Å²) in [6, 6.07) is 27.1. The van der Waals surface area contributed by atoms with Gasteiger partial charge in [0.1, 0.15) is 35.4 Å². The van der Waals surface area contributed by atoms with Crippen LogP contribution in [0.5, 0.6) is 11.5 Å². The Kier molecular flexibility index (Phi) is 17.0. The third-order valence-electron chi connectivity index (χ3n) is 11.5. The average Bonchev–Trinajstić information content (AvgIpc) is 3.57. The quantitative estimate of drug-likeness (QED) is 0.0389. The van der Waals surface area contributed by atoms with E-state index in [-0.39, 0.29) is 36.8 Å². The van der Waals surface area contributed by atoms with Gasteiger partial charge in [-0.1, -0.05) is 75.4 Å². The van der Waals surface area contributed by atoms with Gasteiger partial charge in [0.05, 0.1) is 46.1 Å². The minimum absolute atomic E-state index is 0.0566. The molecule has 346 valence electrons. The van der Waals surface area contributed by atoms with E-state index in [1.807, 2.05) is 107 Å². The van der Waals surface area contributed by atoms with Crippen LogP contribution in [0.25, 0.3) is 0 Å². The van der Waals surface area contributed by atoms with Gasteiger partial charge < -0.3 is 37.7 Å². The van der Waals surface area contributed by atoms with Crippen molar-refractivity contribution in [3.63, 3.8) is 0 Å². The van der Waals surface area contributed by atoms with Crippen LogP contribution in [0.4, 0.5) is 10.2 Å². The standard InChI is InChI=1S/C47H63FN5O9PSi/c1-31(2)53(32(3)4)63(59-28-16-27-49)61-41-40(60-44(42(41)62-64(11,12)46(6,7)8)52-29-39(48)43(50-33(5)54)51-45(52)55)30-58-47(34-17-14-13-15-18-34,35-19-23-37(56-9)24-20-35)36-21-25-38(57-10)26-22-36/h13-15,17-26,29,31-32,40-42,44H,16,28,30H2,1-12H3,(H,50,51,54,55)/t40-,41-,42-,44-,63?/m1/s1. The predicted octanol–water partition coefficient (Wildman–Crippen LogP) is 9.32. The third kappa shape index (κ3) is 11.4. The number of ether oxygens (including phenoxy) is 4. The Balaban J connectivity index is 1.76. The molecular weight excluding hydrogens is 857 g/mol. The first-order chi connectivity index (χ1) is 30.3. The summed E-state index contributed by atoms with van der Waals surface area (Å²) in [4.78, 5) is 29.9. The van der Waals surface area contributed by atoms with E-state index in [1.54, 1.807) is 14.2 Å². The normalized spacial score (nSPS) is 18.6. The maximum absolute atomic E-state index is 15.9. The summed E-state index contributed by atoms with van der Waals surface area (Å²) >= 11 is 0. The van der Waals surface area contributed by atoms with Crippen molar-refractivity contribution in [3.05, 3.63) is 118 Å². The molecular formula is C47H63FN5O9PSi. The van der Waals surface area contributed by atoms with Crippen LogP contribution in [0.1, 0.15) is 84.7 Å². The molecule has 1 aliphatic rings. The lowest BCUT2D eigenvalue weighted by molar-refractivity contribution is -0.114. The van der Waals surface area contributed by atoms with E-state index in [2.05, 4.69) is 54.9 Å². The molecule has 0 bridgehead atoms. The number of carbonyl (C=O) groups excluding carboxylic acids is 1. The molecule has 5 atom stereocenters. The van der Waals surface area contributed by atoms with Gasteiger partial charge in [-0.15, -0.1) is 0 Å². The Morgan fingerprint density at radius 3 is 1.97 bits per heavy atom. The smallest absolute Gasteiger partial charge is 0.351 e. The third-order valence-corrected chi connectivity index (χ3v) is 18.1. The number of hydrogen-bond donors (Lipinski definition) is 1. The number of benzene rings is 3. The molecule has 1 amide bonds. The Morgan fingerprint density at radius 2 is 1.48 bits per heavy atom. The molecule has 1 N–H and O–H groups in total. The van der Waals surface area contributed by atoms with Gasteiger partial charge in [-0.05, 0) is 86.8 Å². The van der Waals surface area contributed by atoms with Gasteiger partial charge >= 0.3 is 5.69 Å². The molecule has 3 aromatic carbocycles. The zero-order chi connectivity index (χ0) is 47.0. The van der Waals surface area contributed by atoms with Gasteiger partial charge in [0.25, 0.3) is 8.53 Å². The molecule has 14 nitrogen and oxygen atoms in total. The molecule has 1 unspecified atom stereocenters. The maximum Gasteiger partial charge on any atom is 0.351 e. The predicted molar refractivity (Wildman–Crippen MR) is 247 cm³/mol. The monoisotopic (exact) mass is 919 g/mol. The van der Waals surface area contributed by atoms with Crippen molar-refractivity contribution in [2.75, 3.05) is 32.8 Å². The largest absolute Gasteiger partial charge is 0.497 e. The van der Waals surface area contributed by atoms with Crippen LogP contribution in [0.2, 0.25) is 18.1 Å². The number of methoxy groups -OCH3 is 2. The SMILES string of the molecule is COc1ccc(C(OC[C@H]2O[C@@H](n3cc(F)c(NC(C)=O)nc3=O)[C@H](O[Si](C)(C)C(C)(C)C)[C@@H]2OP(OCCC#N)N(C(C)C)C(C)C)(c2ccccc2)c2ccc(OC)cc2)cc1. The highest BCUT2D eigenvalue weighted by Crippen LogP contribution is 2.52. The second-order valence-electron chi connectivity index (χ2n) is 17.6. The van der Waals surface area contributed by atoms with Crippen molar-refractivity contribution in [1.82, 2.24) is 14.2 Å². The molecule has 0 radical (unpaired) electrons. The summed E-state index contributed by atoms with van der Waals surface area (Å²) in [5.41, 5.74) is 0.190. The Hall–Kier alpha value is -4.56. The van der Waals surface area contributed by atoms with E-state index in [4.69, 9.17) is 32.4 Å². The van der Waals surface area contributed by atoms with Crippen LogP contribution in [-0.4, -0.2) is 86.3 Å². The number of nitriles is 1. The summed E-state index contributed by atoms with van der Waals surface area (Å²) in [6.07, 6.45) is -3.23. The zero-order valence-corrected chi connectivity index (χ0v) is 40.9. The lowest BCUT2D eigenvalue weighted by atomic mass is 9.80. The number of halogens is 1. The molecule has 64 heavy (non-hydrogen) atoms. The van der Waals surface area contributed by atoms with Gasteiger partial charge in [0, 0.05) is 19.0 Å². The molecule has 1 fully saturated rings. The van der Waals surface area contributed by atoms with Gasteiger partial charge in [-0.3, -0.25) is 9.36 Å². The Labute approximate surface area is 379 Å². The summed E-state index contributed by atoms with van der Waals surface area (Å²) in [7, 11) is -1.48. The van der Waals surface area contributed by atoms with Crippen molar-refractivity contribution >= 4 is 28.6 Å². The first kappa shape index (κ1) is 50.4. The van der Waals surface area contributed by atoms with Crippen LogP contribution in [0, 0.1) is 17.1 Å². The van der Waals surface area contributed by atoms with Crippen molar-refractivity contribution in [1.29, 1.82) is 5.26 Å². The molecule has 0 aliphatic carbocycles. The summed E-state index contributed by atoms with van der Waals surface area (Å²) < 4.78 is 65.4. The van der Waals surface area contributed by atoms with E-state index in [9.17, 15) is 14.9 Å². The molecule has 0 saturated carbocycles. The lowest BCUT2D eigenvalue weighted by Crippen LogP contribution is -2.50. The Morgan fingerprint density at radius 1 is 0.938 bits per heavy atom. The highest BCUT2D eigenvalue weighted by atomic mass is 31.2. The number of hydrogen-bond acceptors (Lipinski definition) is 12. The fourth-order valence-electron chi connectivity index (χ4n) is 7.40. The van der Waals surface area contributed by atoms with Crippen molar-refractivity contribution in [2.24, 2.45) is 0 Å². The summed E-state index contributed by atoms with van der Waals surface area (Å²) in [6.45, 7) is 19.7. The number of rotatable bonds is 20. The maximum atomic E-state index is 15.9. The Bertz CT molecular complexity index is 2200. The van der Waals surface area contributed by atoms with Crippen LogP contribution >= 0.6 is 8.53 Å². The lowest BCUT2D eigenvalue weighted by Gasteiger charge is -2.42. The van der Waals surface area contributed by atoms with Crippen LogP contribution in [-0.2, 0) is 33.3 Å². The molecule has 1 saturated heterocycles. The highest BCUT2D eigenvalue weighted by molar-refractivity contribution is 7.44. The number of aromatic nitrogens is 2. The molecule has 5 rings (SSSR count). The van der Waals surface area contributed by atoms with Crippen molar-refractivity contribution in [3.8, 4) is 17.6 Å². The van der Waals surface area contributed by atoms with E-state index < -0.39 is 70.2 Å². The average molecular weight is 920 g/mol. The molecule has 1 aromatic heterocycles. The van der Waals surface area contributed by atoms with Crippen LogP contribution < -0.4 is 20.5 Å². The summed E-state index contributed by atoms with van der Waals surface area (Å²) in [5, 5.41) is 11.5. The van der Waals surface area contributed by atoms with Gasteiger partial charge in [0.2, 0.25) is 5.91 Å². The highest BCUT2D eigenvalue weighted by Gasteiger charge is 2.54. The number of amides is 1. The van der Waals surface area contributed by atoms with E-state index >= 15 is 4.39 Å². The van der Waals surface area contributed by atoms with Crippen molar-refractivity contribution in [2.45, 2.75) is 122 Å². The first-order valence-electron chi connectivity index (χ1n) is 21.4. The number of anilines is 1. The summed E-state index contributed by atoms with van der Waals surface area (Å²) in [5.74, 6) is -0.738. The first-order valence-corrected chi connectivity index (χ1v) is 25.4.